The summed E-state index contributed by atoms with van der Waals surface area (Å²) in [5.74, 6) is -0.733. The van der Waals surface area contributed by atoms with Crippen molar-refractivity contribution >= 4 is 33.0 Å². The van der Waals surface area contributed by atoms with Gasteiger partial charge >= 0.3 is 6.18 Å². The number of halogens is 3. The topological polar surface area (TPSA) is 92.5 Å². The second kappa shape index (κ2) is 8.91. The second-order valence-electron chi connectivity index (χ2n) is 7.04. The molecule has 10 heteroatoms. The van der Waals surface area contributed by atoms with E-state index in [1.165, 1.54) is 30.3 Å². The molecule has 3 N–H and O–H groups in total. The Morgan fingerprint density at radius 1 is 1.00 bits per heavy atom. The molecule has 3 aromatic rings. The van der Waals surface area contributed by atoms with Gasteiger partial charge in [-0.3, -0.25) is 9.10 Å². The van der Waals surface area contributed by atoms with Crippen molar-refractivity contribution in [3.63, 3.8) is 0 Å². The Kier molecular flexibility index (Phi) is 6.45. The maximum atomic E-state index is 13.3. The monoisotopic (exact) mass is 463 g/mol. The molecule has 32 heavy (non-hydrogen) atoms. The SMILES string of the molecule is Cc1ccc(S(=O)(=O)N(CC(=O)Nc2ccc(N)cc2)c2cccc(C(F)(F)F)c2)cc1. The van der Waals surface area contributed by atoms with Crippen LogP contribution in [0.4, 0.5) is 30.2 Å². The number of carbonyl (C=O) groups excluding carboxylic acids is 1. The molecular formula is C22H20F3N3O3S. The van der Waals surface area contributed by atoms with Gasteiger partial charge in [0.05, 0.1) is 16.1 Å². The molecule has 0 heterocycles. The van der Waals surface area contributed by atoms with Gasteiger partial charge in [-0.1, -0.05) is 23.8 Å². The number of nitrogen functional groups attached to an aromatic ring is 1. The lowest BCUT2D eigenvalue weighted by Crippen LogP contribution is -2.38. The zero-order chi connectivity index (χ0) is 23.5. The molecule has 0 aromatic heterocycles. The average molecular weight is 463 g/mol. The number of benzene rings is 3. The van der Waals surface area contributed by atoms with Gasteiger partial charge in [-0.15, -0.1) is 0 Å². The van der Waals surface area contributed by atoms with Gasteiger partial charge in [-0.2, -0.15) is 13.2 Å². The van der Waals surface area contributed by atoms with Crippen molar-refractivity contribution in [3.05, 3.63) is 83.9 Å². The molecule has 0 saturated carbocycles. The van der Waals surface area contributed by atoms with Crippen molar-refractivity contribution in [2.24, 2.45) is 0 Å². The third kappa shape index (κ3) is 5.38. The minimum Gasteiger partial charge on any atom is -0.399 e. The highest BCUT2D eigenvalue weighted by Crippen LogP contribution is 2.33. The Bertz CT molecular complexity index is 1210. The van der Waals surface area contributed by atoms with Crippen LogP contribution in [0.15, 0.2) is 77.7 Å². The zero-order valence-corrected chi connectivity index (χ0v) is 17.7. The molecule has 168 valence electrons. The lowest BCUT2D eigenvalue weighted by atomic mass is 10.2. The number of alkyl halides is 3. The molecule has 0 atom stereocenters. The van der Waals surface area contributed by atoms with Crippen LogP contribution in [0, 0.1) is 6.92 Å². The average Bonchev–Trinajstić information content (AvgIpc) is 2.73. The molecule has 0 aliphatic rings. The van der Waals surface area contributed by atoms with Crippen molar-refractivity contribution in [1.29, 1.82) is 0 Å². The Hall–Kier alpha value is -3.53. The summed E-state index contributed by atoms with van der Waals surface area (Å²) < 4.78 is 66.9. The van der Waals surface area contributed by atoms with Crippen molar-refractivity contribution in [1.82, 2.24) is 0 Å². The smallest absolute Gasteiger partial charge is 0.399 e. The second-order valence-corrected chi connectivity index (χ2v) is 8.91. The van der Waals surface area contributed by atoms with Gasteiger partial charge in [0.1, 0.15) is 6.54 Å². The van der Waals surface area contributed by atoms with Gasteiger partial charge in [-0.05, 0) is 61.5 Å². The Morgan fingerprint density at radius 3 is 2.22 bits per heavy atom. The van der Waals surface area contributed by atoms with Gasteiger partial charge in [0.15, 0.2) is 0 Å². The highest BCUT2D eigenvalue weighted by atomic mass is 32.2. The number of nitrogens with two attached hydrogens (primary N) is 1. The fourth-order valence-corrected chi connectivity index (χ4v) is 4.30. The van der Waals surface area contributed by atoms with Gasteiger partial charge in [0.25, 0.3) is 10.0 Å². The number of hydrogen-bond donors (Lipinski definition) is 2. The van der Waals surface area contributed by atoms with Crippen molar-refractivity contribution < 1.29 is 26.4 Å². The van der Waals surface area contributed by atoms with Crippen LogP contribution in [-0.4, -0.2) is 20.9 Å². The number of nitrogens with zero attached hydrogens (tertiary/aromatic N) is 1. The first-order chi connectivity index (χ1) is 15.0. The van der Waals surface area contributed by atoms with Crippen LogP contribution < -0.4 is 15.4 Å². The third-order valence-electron chi connectivity index (χ3n) is 4.55. The number of anilines is 3. The van der Waals surface area contributed by atoms with E-state index in [2.05, 4.69) is 5.32 Å². The Labute approximate surface area is 183 Å². The standard InChI is InChI=1S/C22H20F3N3O3S/c1-15-5-11-20(12-6-15)32(30,31)28(19-4-2-3-16(13-19)22(23,24)25)14-21(29)27-18-9-7-17(26)8-10-18/h2-13H,14,26H2,1H3,(H,27,29). The highest BCUT2D eigenvalue weighted by Gasteiger charge is 2.33. The summed E-state index contributed by atoms with van der Waals surface area (Å²) in [7, 11) is -4.34. The van der Waals surface area contributed by atoms with Crippen LogP contribution in [0.5, 0.6) is 0 Å². The maximum absolute atomic E-state index is 13.3. The number of amides is 1. The first-order valence-corrected chi connectivity index (χ1v) is 10.8. The summed E-state index contributed by atoms with van der Waals surface area (Å²) in [6.45, 7) is 1.03. The van der Waals surface area contributed by atoms with Crippen molar-refractivity contribution in [2.75, 3.05) is 21.9 Å². The lowest BCUT2D eigenvalue weighted by molar-refractivity contribution is -0.137. The maximum Gasteiger partial charge on any atom is 0.416 e. The minimum absolute atomic E-state index is 0.152. The summed E-state index contributed by atoms with van der Waals surface area (Å²) in [5, 5.41) is 2.52. The number of sulfonamides is 1. The van der Waals surface area contributed by atoms with Crippen molar-refractivity contribution in [3.8, 4) is 0 Å². The molecule has 0 bridgehead atoms. The molecule has 0 fully saturated rings. The van der Waals surface area contributed by atoms with Crippen LogP contribution in [0.3, 0.4) is 0 Å². The van der Waals surface area contributed by atoms with E-state index >= 15 is 0 Å². The van der Waals surface area contributed by atoms with E-state index < -0.39 is 34.2 Å². The number of nitrogens with one attached hydrogen (secondary N) is 1. The first kappa shape index (κ1) is 23.1. The minimum atomic E-state index is -4.68. The highest BCUT2D eigenvalue weighted by molar-refractivity contribution is 7.92. The summed E-state index contributed by atoms with van der Waals surface area (Å²) in [6.07, 6.45) is -4.68. The number of hydrogen-bond acceptors (Lipinski definition) is 4. The molecule has 6 nitrogen and oxygen atoms in total. The fraction of sp³-hybridized carbons (Fsp3) is 0.136. The number of rotatable bonds is 6. The van der Waals surface area contributed by atoms with Gasteiger partial charge in [0.2, 0.25) is 5.91 Å². The van der Waals surface area contributed by atoms with Crippen molar-refractivity contribution in [2.45, 2.75) is 18.0 Å². The molecule has 3 aromatic carbocycles. The largest absolute Gasteiger partial charge is 0.416 e. The molecule has 1 amide bonds. The summed E-state index contributed by atoms with van der Waals surface area (Å²) >= 11 is 0. The third-order valence-corrected chi connectivity index (χ3v) is 6.34. The van der Waals surface area contributed by atoms with Gasteiger partial charge < -0.3 is 11.1 Å². The van der Waals surface area contributed by atoms with E-state index in [-0.39, 0.29) is 10.6 Å². The molecule has 0 saturated heterocycles. The lowest BCUT2D eigenvalue weighted by Gasteiger charge is -2.25. The van der Waals surface area contributed by atoms with Crippen LogP contribution in [0.25, 0.3) is 0 Å². The zero-order valence-electron chi connectivity index (χ0n) is 16.9. The van der Waals surface area contributed by atoms with Crippen LogP contribution >= 0.6 is 0 Å². The van der Waals surface area contributed by atoms with E-state index in [1.807, 2.05) is 0 Å². The van der Waals surface area contributed by atoms with E-state index in [0.717, 1.165) is 17.7 Å². The summed E-state index contributed by atoms with van der Waals surface area (Å²) in [6, 6.07) is 15.8. The summed E-state index contributed by atoms with van der Waals surface area (Å²) in [5.41, 5.74) is 5.92. The molecule has 0 aliphatic heterocycles. The van der Waals surface area contributed by atoms with E-state index in [1.54, 1.807) is 31.2 Å². The van der Waals surface area contributed by atoms with E-state index in [9.17, 15) is 26.4 Å². The fourth-order valence-electron chi connectivity index (χ4n) is 2.89. The van der Waals surface area contributed by atoms with Crippen LogP contribution in [0.1, 0.15) is 11.1 Å². The number of carbonyl (C=O) groups is 1. The molecule has 0 spiro atoms. The van der Waals surface area contributed by atoms with Crippen LogP contribution in [-0.2, 0) is 21.0 Å². The molecule has 0 radical (unpaired) electrons. The van der Waals surface area contributed by atoms with Crippen LogP contribution in [0.2, 0.25) is 0 Å². The Balaban J connectivity index is 2.00. The van der Waals surface area contributed by atoms with E-state index in [4.69, 9.17) is 5.73 Å². The predicted octanol–water partition coefficient (Wildman–Crippen LogP) is 4.43. The predicted molar refractivity (Wildman–Crippen MR) is 117 cm³/mol. The Morgan fingerprint density at radius 2 is 1.62 bits per heavy atom. The van der Waals surface area contributed by atoms with Gasteiger partial charge in [0, 0.05) is 11.4 Å². The quantitative estimate of drug-likeness (QED) is 0.529. The number of aryl methyl sites for hydroxylation is 1. The van der Waals surface area contributed by atoms with Gasteiger partial charge in [-0.25, -0.2) is 8.42 Å². The van der Waals surface area contributed by atoms with E-state index in [0.29, 0.717) is 21.7 Å². The molecular weight excluding hydrogens is 443 g/mol. The molecule has 0 aliphatic carbocycles. The molecule has 0 unspecified atom stereocenters. The first-order valence-electron chi connectivity index (χ1n) is 9.39. The molecule has 3 rings (SSSR count). The summed E-state index contributed by atoms with van der Waals surface area (Å²) in [4.78, 5) is 12.5. The normalized spacial score (nSPS) is 11.8.